The average Bonchev–Trinajstić information content (AvgIpc) is 2.02. The van der Waals surface area contributed by atoms with Crippen LogP contribution in [0.25, 0.3) is 0 Å². The Morgan fingerprint density at radius 3 is 2.92 bits per heavy atom. The van der Waals surface area contributed by atoms with Gasteiger partial charge in [-0.25, -0.2) is 0 Å². The molecule has 72 valence electrons. The zero-order valence-corrected chi connectivity index (χ0v) is 8.14. The first-order chi connectivity index (χ1) is 6.08. The van der Waals surface area contributed by atoms with Crippen LogP contribution in [-0.4, -0.2) is 17.9 Å². The maximum Gasteiger partial charge on any atom is 0.194 e. The van der Waals surface area contributed by atoms with Gasteiger partial charge in [-0.3, -0.25) is 4.79 Å². The first-order valence-corrected chi connectivity index (χ1v) is 4.78. The molecule has 0 aromatic heterocycles. The zero-order chi connectivity index (χ0) is 9.47. The van der Waals surface area contributed by atoms with Crippen LogP contribution in [0.5, 0.6) is 0 Å². The Morgan fingerprint density at radius 2 is 2.15 bits per heavy atom. The molecule has 0 amide bonds. The van der Waals surface area contributed by atoms with Gasteiger partial charge in [-0.05, 0) is 26.7 Å². The topological polar surface area (TPSA) is 38.3 Å². The second-order valence-electron chi connectivity index (χ2n) is 4.27. The van der Waals surface area contributed by atoms with E-state index in [-0.39, 0.29) is 11.4 Å². The molecule has 0 bridgehead atoms. The Labute approximate surface area is 78.1 Å². The number of ether oxygens (including phenoxy) is 1. The van der Waals surface area contributed by atoms with E-state index in [1.165, 1.54) is 0 Å². The lowest BCUT2D eigenvalue weighted by Gasteiger charge is -2.35. The summed E-state index contributed by atoms with van der Waals surface area (Å²) in [5.41, 5.74) is 0.745. The summed E-state index contributed by atoms with van der Waals surface area (Å²) >= 11 is 0. The fourth-order valence-electron chi connectivity index (χ4n) is 1.78. The van der Waals surface area contributed by atoms with Crippen LogP contribution in [0.4, 0.5) is 0 Å². The summed E-state index contributed by atoms with van der Waals surface area (Å²) in [6.45, 7) is 4.82. The average molecular weight is 181 g/mol. The van der Waals surface area contributed by atoms with Gasteiger partial charge in [0.25, 0.3) is 0 Å². The highest BCUT2D eigenvalue weighted by atomic mass is 16.5. The van der Waals surface area contributed by atoms with E-state index in [9.17, 15) is 4.79 Å². The van der Waals surface area contributed by atoms with E-state index in [0.717, 1.165) is 24.3 Å². The number of carbonyl (C=O) groups excluding carboxylic acids is 1. The molecule has 1 N–H and O–H groups in total. The number of hydrogen-bond donors (Lipinski definition) is 1. The SMILES string of the molecule is CC1(C)CCC2=C(NCCC2=O)O1. The number of allylic oxidation sites excluding steroid dienone is 1. The van der Waals surface area contributed by atoms with Crippen molar-refractivity contribution in [3.8, 4) is 0 Å². The van der Waals surface area contributed by atoms with E-state index in [4.69, 9.17) is 4.74 Å². The molecule has 0 radical (unpaired) electrons. The lowest BCUT2D eigenvalue weighted by atomic mass is 9.91. The normalized spacial score (nSPS) is 26.2. The number of carbonyl (C=O) groups is 1. The molecule has 0 aromatic rings. The van der Waals surface area contributed by atoms with Crippen molar-refractivity contribution in [3.05, 3.63) is 11.5 Å². The fourth-order valence-corrected chi connectivity index (χ4v) is 1.78. The first-order valence-electron chi connectivity index (χ1n) is 4.78. The minimum absolute atomic E-state index is 0.122. The summed E-state index contributed by atoms with van der Waals surface area (Å²) < 4.78 is 5.70. The van der Waals surface area contributed by atoms with Crippen molar-refractivity contribution >= 4 is 5.78 Å². The van der Waals surface area contributed by atoms with Crippen molar-refractivity contribution in [2.24, 2.45) is 0 Å². The van der Waals surface area contributed by atoms with E-state index in [1.807, 2.05) is 0 Å². The molecule has 0 atom stereocenters. The van der Waals surface area contributed by atoms with E-state index in [1.54, 1.807) is 0 Å². The van der Waals surface area contributed by atoms with Crippen molar-refractivity contribution < 1.29 is 9.53 Å². The fraction of sp³-hybridized carbons (Fsp3) is 0.700. The monoisotopic (exact) mass is 181 g/mol. The Bertz CT molecular complexity index is 279. The summed E-state index contributed by atoms with van der Waals surface area (Å²) in [7, 11) is 0. The predicted octanol–water partition coefficient (Wildman–Crippen LogP) is 1.35. The maximum atomic E-state index is 11.5. The molecule has 2 heterocycles. The number of ketones is 1. The molecule has 3 nitrogen and oxygen atoms in total. The van der Waals surface area contributed by atoms with Crippen LogP contribution in [0.1, 0.15) is 33.1 Å². The Morgan fingerprint density at radius 1 is 1.38 bits per heavy atom. The van der Waals surface area contributed by atoms with Gasteiger partial charge in [0.05, 0.1) is 5.57 Å². The van der Waals surface area contributed by atoms with E-state index in [2.05, 4.69) is 19.2 Å². The van der Waals surface area contributed by atoms with Crippen molar-refractivity contribution in [2.75, 3.05) is 6.54 Å². The zero-order valence-electron chi connectivity index (χ0n) is 8.14. The third-order valence-electron chi connectivity index (χ3n) is 2.60. The smallest absolute Gasteiger partial charge is 0.194 e. The van der Waals surface area contributed by atoms with Crippen molar-refractivity contribution in [2.45, 2.75) is 38.7 Å². The quantitative estimate of drug-likeness (QED) is 0.613. The highest BCUT2D eigenvalue weighted by Gasteiger charge is 2.32. The summed E-state index contributed by atoms with van der Waals surface area (Å²) in [6, 6.07) is 0. The van der Waals surface area contributed by atoms with Crippen LogP contribution in [-0.2, 0) is 9.53 Å². The summed E-state index contributed by atoms with van der Waals surface area (Å²) in [5.74, 6) is 0.983. The van der Waals surface area contributed by atoms with Gasteiger partial charge in [0.1, 0.15) is 5.60 Å². The highest BCUT2D eigenvalue weighted by molar-refractivity contribution is 5.96. The standard InChI is InChI=1S/C10H15NO2/c1-10(2)5-3-7-8(12)4-6-11-9(7)13-10/h11H,3-6H2,1-2H3. The van der Waals surface area contributed by atoms with E-state index < -0.39 is 0 Å². The van der Waals surface area contributed by atoms with Gasteiger partial charge in [0, 0.05) is 13.0 Å². The maximum absolute atomic E-state index is 11.5. The summed E-state index contributed by atoms with van der Waals surface area (Å²) in [6.07, 6.45) is 2.40. The molecular formula is C10H15NO2. The molecular weight excluding hydrogens is 166 g/mol. The number of nitrogens with one attached hydrogen (secondary N) is 1. The van der Waals surface area contributed by atoms with Gasteiger partial charge >= 0.3 is 0 Å². The van der Waals surface area contributed by atoms with Crippen molar-refractivity contribution in [1.82, 2.24) is 5.32 Å². The number of Topliss-reactive ketones (excluding diaryl/α,β-unsaturated/α-hetero) is 1. The lowest BCUT2D eigenvalue weighted by Crippen LogP contribution is -2.39. The largest absolute Gasteiger partial charge is 0.473 e. The minimum Gasteiger partial charge on any atom is -0.473 e. The van der Waals surface area contributed by atoms with Crippen molar-refractivity contribution in [1.29, 1.82) is 0 Å². The summed E-state index contributed by atoms with van der Waals surface area (Å²) in [5, 5.41) is 3.14. The molecule has 13 heavy (non-hydrogen) atoms. The molecule has 0 saturated carbocycles. The van der Waals surface area contributed by atoms with E-state index in [0.29, 0.717) is 13.0 Å². The molecule has 0 aliphatic carbocycles. The Balaban J connectivity index is 2.27. The third-order valence-corrected chi connectivity index (χ3v) is 2.60. The molecule has 3 heteroatoms. The number of rotatable bonds is 0. The van der Waals surface area contributed by atoms with Crippen LogP contribution in [0.15, 0.2) is 11.5 Å². The first kappa shape index (κ1) is 8.60. The minimum atomic E-state index is -0.122. The van der Waals surface area contributed by atoms with Crippen LogP contribution in [0.3, 0.4) is 0 Å². The molecule has 0 spiro atoms. The van der Waals surface area contributed by atoms with Gasteiger partial charge in [0.2, 0.25) is 0 Å². The van der Waals surface area contributed by atoms with Gasteiger partial charge < -0.3 is 10.1 Å². The molecule has 2 aliphatic rings. The number of hydrogen-bond acceptors (Lipinski definition) is 3. The molecule has 0 unspecified atom stereocenters. The van der Waals surface area contributed by atoms with Gasteiger partial charge in [-0.2, -0.15) is 0 Å². The van der Waals surface area contributed by atoms with E-state index >= 15 is 0 Å². The van der Waals surface area contributed by atoms with Gasteiger partial charge in [-0.1, -0.05) is 0 Å². The predicted molar refractivity (Wildman–Crippen MR) is 49.1 cm³/mol. The molecule has 0 saturated heterocycles. The molecule has 2 aliphatic heterocycles. The Kier molecular flexibility index (Phi) is 1.82. The molecule has 2 rings (SSSR count). The molecule has 0 fully saturated rings. The van der Waals surface area contributed by atoms with Gasteiger partial charge in [0.15, 0.2) is 11.7 Å². The second-order valence-corrected chi connectivity index (χ2v) is 4.27. The Hall–Kier alpha value is -0.990. The summed E-state index contributed by atoms with van der Waals surface area (Å²) in [4.78, 5) is 11.5. The lowest BCUT2D eigenvalue weighted by molar-refractivity contribution is -0.117. The van der Waals surface area contributed by atoms with Crippen molar-refractivity contribution in [3.63, 3.8) is 0 Å². The third kappa shape index (κ3) is 1.55. The van der Waals surface area contributed by atoms with Crippen LogP contribution >= 0.6 is 0 Å². The second kappa shape index (κ2) is 2.76. The molecule has 0 aromatic carbocycles. The van der Waals surface area contributed by atoms with Crippen LogP contribution < -0.4 is 5.32 Å². The van der Waals surface area contributed by atoms with Crippen LogP contribution in [0, 0.1) is 0 Å². The highest BCUT2D eigenvalue weighted by Crippen LogP contribution is 2.32. The van der Waals surface area contributed by atoms with Crippen LogP contribution in [0.2, 0.25) is 0 Å². The van der Waals surface area contributed by atoms with Gasteiger partial charge in [-0.15, -0.1) is 0 Å².